The van der Waals surface area contributed by atoms with Crippen LogP contribution in [0.25, 0.3) is 0 Å². The Hall–Kier alpha value is -1.50. The van der Waals surface area contributed by atoms with Gasteiger partial charge in [0.2, 0.25) is 5.88 Å². The fourth-order valence-corrected chi connectivity index (χ4v) is 1.24. The summed E-state index contributed by atoms with van der Waals surface area (Å²) in [5.74, 6) is -1.31. The number of hydrogen-bond acceptors (Lipinski definition) is 6. The van der Waals surface area contributed by atoms with Crippen LogP contribution in [0.3, 0.4) is 0 Å². The molecule has 0 saturated heterocycles. The van der Waals surface area contributed by atoms with E-state index >= 15 is 0 Å². The highest BCUT2D eigenvalue weighted by atomic mass is 32.2. The molecule has 0 unspecified atom stereocenters. The van der Waals surface area contributed by atoms with Crippen molar-refractivity contribution in [1.82, 2.24) is 9.97 Å². The zero-order chi connectivity index (χ0) is 10.7. The second kappa shape index (κ2) is 4.14. The largest absolute Gasteiger partial charge is 0.480 e. The fraction of sp³-hybridized carbons (Fsp3) is 0.286. The third kappa shape index (κ3) is 1.87. The van der Waals surface area contributed by atoms with E-state index in [0.29, 0.717) is 5.16 Å². The number of ether oxygens (including phenoxy) is 1. The highest BCUT2D eigenvalue weighted by molar-refractivity contribution is 7.98. The third-order valence-electron chi connectivity index (χ3n) is 1.47. The normalized spacial score (nSPS) is 9.86. The average molecular weight is 215 g/mol. The van der Waals surface area contributed by atoms with Crippen LogP contribution in [-0.2, 0) is 0 Å². The number of carbonyl (C=O) groups is 1. The molecule has 14 heavy (non-hydrogen) atoms. The van der Waals surface area contributed by atoms with Crippen LogP contribution < -0.4 is 10.5 Å². The Bertz CT molecular complexity index is 369. The number of methoxy groups -OCH3 is 1. The molecule has 0 aliphatic carbocycles. The van der Waals surface area contributed by atoms with E-state index in [0.717, 1.165) is 0 Å². The maximum Gasteiger partial charge on any atom is 0.345 e. The summed E-state index contributed by atoms with van der Waals surface area (Å²) in [6, 6.07) is 0. The van der Waals surface area contributed by atoms with Gasteiger partial charge >= 0.3 is 5.97 Å². The van der Waals surface area contributed by atoms with E-state index in [1.165, 1.54) is 18.9 Å². The fourth-order valence-electron chi connectivity index (χ4n) is 0.876. The Labute approximate surface area is 84.5 Å². The first-order chi connectivity index (χ1) is 6.60. The molecule has 0 bridgehead atoms. The highest BCUT2D eigenvalue weighted by Gasteiger charge is 2.19. The van der Waals surface area contributed by atoms with E-state index in [4.69, 9.17) is 15.6 Å². The zero-order valence-corrected chi connectivity index (χ0v) is 8.46. The van der Waals surface area contributed by atoms with Crippen molar-refractivity contribution in [2.24, 2.45) is 0 Å². The highest BCUT2D eigenvalue weighted by Crippen LogP contribution is 2.23. The topological polar surface area (TPSA) is 98.3 Å². The molecule has 0 aliphatic heterocycles. The van der Waals surface area contributed by atoms with Gasteiger partial charge in [-0.25, -0.2) is 9.78 Å². The Morgan fingerprint density at radius 1 is 1.57 bits per heavy atom. The van der Waals surface area contributed by atoms with Crippen molar-refractivity contribution in [2.45, 2.75) is 5.16 Å². The van der Waals surface area contributed by atoms with E-state index in [1.807, 2.05) is 0 Å². The predicted octanol–water partition coefficient (Wildman–Crippen LogP) is 0.487. The van der Waals surface area contributed by atoms with Crippen molar-refractivity contribution in [3.8, 4) is 5.88 Å². The van der Waals surface area contributed by atoms with Gasteiger partial charge < -0.3 is 15.6 Å². The smallest absolute Gasteiger partial charge is 0.345 e. The van der Waals surface area contributed by atoms with Gasteiger partial charge in [-0.15, -0.1) is 0 Å². The maximum atomic E-state index is 10.8. The molecule has 0 atom stereocenters. The molecule has 1 aromatic rings. The molecule has 0 amide bonds. The third-order valence-corrected chi connectivity index (χ3v) is 2.02. The number of nitrogens with zero attached hydrogens (tertiary/aromatic N) is 2. The van der Waals surface area contributed by atoms with E-state index in [-0.39, 0.29) is 17.3 Å². The van der Waals surface area contributed by atoms with Gasteiger partial charge in [-0.05, 0) is 6.26 Å². The molecule has 0 aromatic carbocycles. The summed E-state index contributed by atoms with van der Waals surface area (Å²) in [7, 11) is 1.33. The minimum atomic E-state index is -1.20. The zero-order valence-electron chi connectivity index (χ0n) is 7.64. The lowest BCUT2D eigenvalue weighted by molar-refractivity contribution is 0.0693. The lowest BCUT2D eigenvalue weighted by Gasteiger charge is -2.06. The molecular formula is C7H9N3O3S. The minimum Gasteiger partial charge on any atom is -0.480 e. The van der Waals surface area contributed by atoms with Crippen molar-refractivity contribution in [1.29, 1.82) is 0 Å². The van der Waals surface area contributed by atoms with E-state index < -0.39 is 5.97 Å². The molecule has 0 aliphatic rings. The molecular weight excluding hydrogens is 206 g/mol. The molecule has 1 heterocycles. The van der Waals surface area contributed by atoms with Crippen LogP contribution in [0.5, 0.6) is 5.88 Å². The number of carboxylic acid groups (broad SMARTS) is 1. The Morgan fingerprint density at radius 3 is 2.64 bits per heavy atom. The van der Waals surface area contributed by atoms with Crippen LogP contribution in [0.15, 0.2) is 5.16 Å². The van der Waals surface area contributed by atoms with Gasteiger partial charge in [0.1, 0.15) is 5.82 Å². The number of anilines is 1. The molecule has 0 fully saturated rings. The number of aromatic carboxylic acids is 1. The summed E-state index contributed by atoms with van der Waals surface area (Å²) in [6.45, 7) is 0. The van der Waals surface area contributed by atoms with Crippen LogP contribution in [0, 0.1) is 0 Å². The van der Waals surface area contributed by atoms with Gasteiger partial charge in [0.15, 0.2) is 10.7 Å². The number of nitrogens with two attached hydrogens (primary N) is 1. The minimum absolute atomic E-state index is 0.0191. The van der Waals surface area contributed by atoms with Gasteiger partial charge in [0.05, 0.1) is 7.11 Å². The summed E-state index contributed by atoms with van der Waals surface area (Å²) in [6.07, 6.45) is 1.76. The monoisotopic (exact) mass is 215 g/mol. The maximum absolute atomic E-state index is 10.8. The SMILES string of the molecule is COc1nc(SC)nc(N)c1C(=O)O. The van der Waals surface area contributed by atoms with Crippen LogP contribution in [0.2, 0.25) is 0 Å². The molecule has 7 heteroatoms. The molecule has 3 N–H and O–H groups in total. The molecule has 6 nitrogen and oxygen atoms in total. The molecule has 1 aromatic heterocycles. The van der Waals surface area contributed by atoms with Gasteiger partial charge in [-0.2, -0.15) is 4.98 Å². The van der Waals surface area contributed by atoms with Gasteiger partial charge in [-0.3, -0.25) is 0 Å². The number of thioether (sulfide) groups is 1. The van der Waals surface area contributed by atoms with Gasteiger partial charge in [0.25, 0.3) is 0 Å². The quantitative estimate of drug-likeness (QED) is 0.559. The van der Waals surface area contributed by atoms with E-state index in [1.54, 1.807) is 6.26 Å². The van der Waals surface area contributed by atoms with E-state index in [2.05, 4.69) is 9.97 Å². The lowest BCUT2D eigenvalue weighted by Crippen LogP contribution is -2.09. The van der Waals surface area contributed by atoms with Gasteiger partial charge in [-0.1, -0.05) is 11.8 Å². The van der Waals surface area contributed by atoms with Crippen LogP contribution in [-0.4, -0.2) is 34.4 Å². The molecule has 0 radical (unpaired) electrons. The number of aromatic nitrogens is 2. The second-order valence-corrected chi connectivity index (χ2v) is 3.06. The summed E-state index contributed by atoms with van der Waals surface area (Å²) >= 11 is 1.26. The Balaban J connectivity index is 3.34. The summed E-state index contributed by atoms with van der Waals surface area (Å²) in [5.41, 5.74) is 5.25. The first kappa shape index (κ1) is 10.6. The Morgan fingerprint density at radius 2 is 2.21 bits per heavy atom. The van der Waals surface area contributed by atoms with Crippen molar-refractivity contribution >= 4 is 23.5 Å². The predicted molar refractivity (Wildman–Crippen MR) is 51.7 cm³/mol. The average Bonchev–Trinajstić information content (AvgIpc) is 2.15. The van der Waals surface area contributed by atoms with Crippen molar-refractivity contribution in [3.05, 3.63) is 5.56 Å². The summed E-state index contributed by atoms with van der Waals surface area (Å²) < 4.78 is 4.80. The second-order valence-electron chi connectivity index (χ2n) is 2.28. The standard InChI is InChI=1S/C7H9N3O3S/c1-13-5-3(6(11)12)4(8)9-7(10-5)14-2/h1-2H3,(H,11,12)(H2,8,9,10). The summed E-state index contributed by atoms with van der Waals surface area (Å²) in [5, 5.41) is 9.17. The number of hydrogen-bond donors (Lipinski definition) is 2. The van der Waals surface area contributed by atoms with Crippen LogP contribution >= 0.6 is 11.8 Å². The first-order valence-electron chi connectivity index (χ1n) is 3.59. The number of rotatable bonds is 3. The van der Waals surface area contributed by atoms with Crippen molar-refractivity contribution < 1.29 is 14.6 Å². The van der Waals surface area contributed by atoms with E-state index in [9.17, 15) is 4.79 Å². The van der Waals surface area contributed by atoms with Gasteiger partial charge in [0, 0.05) is 0 Å². The summed E-state index contributed by atoms with van der Waals surface area (Å²) in [4.78, 5) is 18.4. The molecule has 0 spiro atoms. The first-order valence-corrected chi connectivity index (χ1v) is 4.81. The van der Waals surface area contributed by atoms with Crippen molar-refractivity contribution in [2.75, 3.05) is 19.1 Å². The molecule has 76 valence electrons. The number of carboxylic acids is 1. The molecule has 1 rings (SSSR count). The number of nitrogen functional groups attached to an aromatic ring is 1. The van der Waals surface area contributed by atoms with Crippen molar-refractivity contribution in [3.63, 3.8) is 0 Å². The Kier molecular flexibility index (Phi) is 3.13. The lowest BCUT2D eigenvalue weighted by atomic mass is 10.3. The van der Waals surface area contributed by atoms with Crippen LogP contribution in [0.1, 0.15) is 10.4 Å². The molecule has 0 saturated carbocycles. The van der Waals surface area contributed by atoms with Crippen LogP contribution in [0.4, 0.5) is 5.82 Å².